The molecule has 1 rings (SSSR count). The van der Waals surface area contributed by atoms with Crippen LogP contribution in [-0.2, 0) is 14.3 Å². The van der Waals surface area contributed by atoms with Crippen molar-refractivity contribution in [1.29, 1.82) is 0 Å². The molecule has 1 N–H and O–H groups in total. The van der Waals surface area contributed by atoms with Crippen LogP contribution in [-0.4, -0.2) is 40.6 Å². The molecule has 1 atom stereocenters. The summed E-state index contributed by atoms with van der Waals surface area (Å²) >= 11 is 0. The van der Waals surface area contributed by atoms with Gasteiger partial charge in [0.2, 0.25) is 5.91 Å². The minimum atomic E-state index is -0.841. The van der Waals surface area contributed by atoms with Gasteiger partial charge in [0, 0.05) is 25.3 Å². The average molecular weight is 297 g/mol. The number of ether oxygens (including phenoxy) is 1. The minimum Gasteiger partial charge on any atom is -0.481 e. The summed E-state index contributed by atoms with van der Waals surface area (Å²) in [5.74, 6) is -0.874. The van der Waals surface area contributed by atoms with E-state index in [0.717, 1.165) is 0 Å². The molecule has 6 nitrogen and oxygen atoms in total. The quantitative estimate of drug-likeness (QED) is 0.730. The minimum absolute atomic E-state index is 0.0817. The van der Waals surface area contributed by atoms with Crippen LogP contribution in [0.2, 0.25) is 0 Å². The third-order valence-corrected chi connectivity index (χ3v) is 3.42. The molecule has 0 aromatic rings. The van der Waals surface area contributed by atoms with Gasteiger partial charge in [-0.2, -0.15) is 0 Å². The van der Waals surface area contributed by atoms with Crippen LogP contribution in [0.5, 0.6) is 0 Å². The molecule has 1 fully saturated rings. The highest BCUT2D eigenvalue weighted by molar-refractivity contribution is 5.92. The summed E-state index contributed by atoms with van der Waals surface area (Å²) < 4.78 is 4.95. The first kappa shape index (κ1) is 17.2. The molecule has 1 saturated heterocycles. The number of hydrogen-bond acceptors (Lipinski definition) is 4. The summed E-state index contributed by atoms with van der Waals surface area (Å²) in [6.45, 7) is 4.32. The zero-order valence-electron chi connectivity index (χ0n) is 12.6. The van der Waals surface area contributed by atoms with Gasteiger partial charge in [-0.25, -0.2) is 9.69 Å². The van der Waals surface area contributed by atoms with Gasteiger partial charge in [-0.05, 0) is 18.8 Å². The normalized spacial score (nSPS) is 19.1. The molecule has 0 aromatic carbocycles. The molecule has 1 aliphatic rings. The van der Waals surface area contributed by atoms with E-state index in [9.17, 15) is 14.4 Å². The van der Waals surface area contributed by atoms with Crippen LogP contribution in [0.15, 0.2) is 12.2 Å². The Morgan fingerprint density at radius 3 is 2.52 bits per heavy atom. The van der Waals surface area contributed by atoms with Gasteiger partial charge in [0.15, 0.2) is 0 Å². The molecule has 1 unspecified atom stereocenters. The molecular weight excluding hydrogens is 274 g/mol. The van der Waals surface area contributed by atoms with Crippen molar-refractivity contribution in [2.24, 2.45) is 5.92 Å². The molecule has 21 heavy (non-hydrogen) atoms. The van der Waals surface area contributed by atoms with Crippen LogP contribution in [0, 0.1) is 5.92 Å². The molecule has 2 amide bonds. The molecule has 0 spiro atoms. The van der Waals surface area contributed by atoms with Crippen LogP contribution < -0.4 is 0 Å². The zero-order valence-corrected chi connectivity index (χ0v) is 12.6. The number of amides is 2. The van der Waals surface area contributed by atoms with E-state index >= 15 is 0 Å². The highest BCUT2D eigenvalue weighted by Crippen LogP contribution is 2.21. The van der Waals surface area contributed by atoms with E-state index < -0.39 is 12.1 Å². The fraction of sp³-hybridized carbons (Fsp3) is 0.667. The fourth-order valence-electron chi connectivity index (χ4n) is 2.29. The van der Waals surface area contributed by atoms with E-state index in [4.69, 9.17) is 9.84 Å². The number of hydrogen-bond donors (Lipinski definition) is 1. The summed E-state index contributed by atoms with van der Waals surface area (Å²) in [5.41, 5.74) is 0. The molecule has 0 radical (unpaired) electrons. The lowest BCUT2D eigenvalue weighted by Crippen LogP contribution is -2.51. The van der Waals surface area contributed by atoms with E-state index in [-0.39, 0.29) is 30.7 Å². The average Bonchev–Trinajstić information content (AvgIpc) is 2.41. The molecular formula is C15H23NO5. The van der Waals surface area contributed by atoms with Crippen molar-refractivity contribution in [3.05, 3.63) is 12.2 Å². The Kier molecular flexibility index (Phi) is 6.91. The molecule has 1 aliphatic heterocycles. The maximum absolute atomic E-state index is 12.2. The molecule has 0 aliphatic carbocycles. The third kappa shape index (κ3) is 5.57. The van der Waals surface area contributed by atoms with E-state index in [0.29, 0.717) is 25.9 Å². The summed E-state index contributed by atoms with van der Waals surface area (Å²) in [6, 6.07) is -0.102. The van der Waals surface area contributed by atoms with Gasteiger partial charge in [0.1, 0.15) is 0 Å². The van der Waals surface area contributed by atoms with E-state index in [1.807, 2.05) is 13.8 Å². The lowest BCUT2D eigenvalue weighted by Gasteiger charge is -2.35. The number of rotatable bonds is 7. The number of cyclic esters (lactones) is 1. The Labute approximate surface area is 124 Å². The lowest BCUT2D eigenvalue weighted by atomic mass is 9.98. The number of imide groups is 1. The van der Waals surface area contributed by atoms with E-state index in [1.54, 1.807) is 12.2 Å². The predicted octanol–water partition coefficient (Wildman–Crippen LogP) is 2.58. The SMILES string of the molecule is CC(C)C1CCOC(=O)N1C(=O)CCC=CCCC(=O)O. The largest absolute Gasteiger partial charge is 0.481 e. The maximum Gasteiger partial charge on any atom is 0.416 e. The topological polar surface area (TPSA) is 83.9 Å². The maximum atomic E-state index is 12.2. The zero-order chi connectivity index (χ0) is 15.8. The first-order valence-electron chi connectivity index (χ1n) is 7.29. The summed E-state index contributed by atoms with van der Waals surface area (Å²) in [7, 11) is 0. The number of carbonyl (C=O) groups is 3. The van der Waals surface area contributed by atoms with Crippen molar-refractivity contribution in [2.75, 3.05) is 6.61 Å². The van der Waals surface area contributed by atoms with Gasteiger partial charge in [-0.1, -0.05) is 26.0 Å². The van der Waals surface area contributed by atoms with Crippen LogP contribution in [0.3, 0.4) is 0 Å². The Bertz CT molecular complexity index is 416. The third-order valence-electron chi connectivity index (χ3n) is 3.42. The van der Waals surface area contributed by atoms with E-state index in [2.05, 4.69) is 0 Å². The molecule has 1 heterocycles. The van der Waals surface area contributed by atoms with Gasteiger partial charge in [0.05, 0.1) is 6.61 Å². The Morgan fingerprint density at radius 2 is 1.95 bits per heavy atom. The van der Waals surface area contributed by atoms with Gasteiger partial charge < -0.3 is 9.84 Å². The molecule has 0 aromatic heterocycles. The standard InChI is InChI=1S/C15H23NO5/c1-11(2)12-9-10-21-15(20)16(12)13(17)7-5-3-4-6-8-14(18)19/h3-4,11-12H,5-10H2,1-2H3,(H,18,19). The van der Waals surface area contributed by atoms with E-state index in [1.165, 1.54) is 4.90 Å². The predicted molar refractivity (Wildman–Crippen MR) is 76.7 cm³/mol. The first-order chi connectivity index (χ1) is 9.93. The van der Waals surface area contributed by atoms with Crippen molar-refractivity contribution in [2.45, 2.75) is 52.0 Å². The second kappa shape index (κ2) is 8.44. The van der Waals surface area contributed by atoms with Crippen LogP contribution >= 0.6 is 0 Å². The second-order valence-corrected chi connectivity index (χ2v) is 5.42. The van der Waals surface area contributed by atoms with Crippen LogP contribution in [0.4, 0.5) is 4.79 Å². The van der Waals surface area contributed by atoms with Gasteiger partial charge in [-0.3, -0.25) is 9.59 Å². The summed E-state index contributed by atoms with van der Waals surface area (Å²) in [4.78, 5) is 35.5. The molecule has 118 valence electrons. The summed E-state index contributed by atoms with van der Waals surface area (Å²) in [6.07, 6.45) is 4.89. The fourth-order valence-corrected chi connectivity index (χ4v) is 2.29. The van der Waals surface area contributed by atoms with Crippen molar-refractivity contribution >= 4 is 18.0 Å². The Morgan fingerprint density at radius 1 is 1.33 bits per heavy atom. The number of allylic oxidation sites excluding steroid dienone is 2. The second-order valence-electron chi connectivity index (χ2n) is 5.42. The van der Waals surface area contributed by atoms with Crippen LogP contribution in [0.25, 0.3) is 0 Å². The number of aliphatic carboxylic acids is 1. The van der Waals surface area contributed by atoms with Gasteiger partial charge in [-0.15, -0.1) is 0 Å². The molecule has 0 bridgehead atoms. The summed E-state index contributed by atoms with van der Waals surface area (Å²) in [5, 5.41) is 8.49. The number of carbonyl (C=O) groups excluding carboxylic acids is 2. The highest BCUT2D eigenvalue weighted by Gasteiger charge is 2.35. The Balaban J connectivity index is 2.45. The van der Waals surface area contributed by atoms with Crippen LogP contribution in [0.1, 0.15) is 46.0 Å². The van der Waals surface area contributed by atoms with Crippen molar-refractivity contribution in [3.63, 3.8) is 0 Å². The number of nitrogens with zero attached hydrogens (tertiary/aromatic N) is 1. The van der Waals surface area contributed by atoms with Gasteiger partial charge >= 0.3 is 12.1 Å². The van der Waals surface area contributed by atoms with Gasteiger partial charge in [0.25, 0.3) is 0 Å². The Hall–Kier alpha value is -1.85. The smallest absolute Gasteiger partial charge is 0.416 e. The first-order valence-corrected chi connectivity index (χ1v) is 7.29. The van der Waals surface area contributed by atoms with Crippen molar-refractivity contribution < 1.29 is 24.2 Å². The van der Waals surface area contributed by atoms with Crippen molar-refractivity contribution in [3.8, 4) is 0 Å². The monoisotopic (exact) mass is 297 g/mol. The lowest BCUT2D eigenvalue weighted by molar-refractivity contribution is -0.137. The number of carboxylic acids is 1. The molecule has 0 saturated carbocycles. The van der Waals surface area contributed by atoms with Crippen molar-refractivity contribution in [1.82, 2.24) is 4.90 Å². The highest BCUT2D eigenvalue weighted by atomic mass is 16.6. The molecule has 6 heteroatoms. The number of carboxylic acid groups (broad SMARTS) is 1.